The highest BCUT2D eigenvalue weighted by Crippen LogP contribution is 2.31. The Morgan fingerprint density at radius 3 is 2.64 bits per heavy atom. The Morgan fingerprint density at radius 2 is 1.93 bits per heavy atom. The van der Waals surface area contributed by atoms with Crippen molar-refractivity contribution in [3.05, 3.63) is 64.2 Å². The Morgan fingerprint density at radius 1 is 1.18 bits per heavy atom. The predicted molar refractivity (Wildman–Crippen MR) is 108 cm³/mol. The second kappa shape index (κ2) is 9.21. The first-order valence-corrected chi connectivity index (χ1v) is 9.51. The number of rotatable bonds is 6. The number of hydrogen-bond donors (Lipinski definition) is 1. The normalized spacial score (nSPS) is 16.9. The summed E-state index contributed by atoms with van der Waals surface area (Å²) in [5, 5.41) is 14.1. The Balaban J connectivity index is 1.74. The van der Waals surface area contributed by atoms with E-state index in [9.17, 15) is 14.9 Å². The van der Waals surface area contributed by atoms with Gasteiger partial charge in [0.25, 0.3) is 5.69 Å². The Kier molecular flexibility index (Phi) is 6.47. The number of para-hydroxylation sites is 2. The number of methoxy groups -OCH3 is 1. The zero-order valence-electron chi connectivity index (χ0n) is 16.0. The van der Waals surface area contributed by atoms with Gasteiger partial charge in [0.15, 0.2) is 0 Å². The molecule has 1 aliphatic heterocycles. The van der Waals surface area contributed by atoms with Crippen molar-refractivity contribution in [3.63, 3.8) is 0 Å². The number of nitrogens with zero attached hydrogens (tertiary/aromatic N) is 2. The largest absolute Gasteiger partial charge is 0.497 e. The molecule has 1 atom stereocenters. The molecule has 1 saturated heterocycles. The third kappa shape index (κ3) is 4.60. The van der Waals surface area contributed by atoms with Gasteiger partial charge in [0.05, 0.1) is 24.6 Å². The fourth-order valence-corrected chi connectivity index (χ4v) is 3.63. The van der Waals surface area contributed by atoms with Crippen LogP contribution in [0.3, 0.4) is 0 Å². The summed E-state index contributed by atoms with van der Waals surface area (Å²) in [6, 6.07) is 14.2. The third-order valence-electron chi connectivity index (χ3n) is 5.10. The zero-order chi connectivity index (χ0) is 19.9. The van der Waals surface area contributed by atoms with Crippen LogP contribution in [0.25, 0.3) is 0 Å². The van der Waals surface area contributed by atoms with E-state index in [4.69, 9.17) is 4.74 Å². The summed E-state index contributed by atoms with van der Waals surface area (Å²) < 4.78 is 5.23. The van der Waals surface area contributed by atoms with Crippen LogP contribution in [0.15, 0.2) is 48.5 Å². The summed E-state index contributed by atoms with van der Waals surface area (Å²) in [5.74, 6) is 0.731. The summed E-state index contributed by atoms with van der Waals surface area (Å²) in [6.45, 7) is 0.714. The van der Waals surface area contributed by atoms with Crippen molar-refractivity contribution >= 4 is 17.3 Å². The first kappa shape index (κ1) is 19.7. The van der Waals surface area contributed by atoms with Crippen molar-refractivity contribution < 1.29 is 14.5 Å². The molecule has 3 rings (SSSR count). The second-order valence-electron chi connectivity index (χ2n) is 6.85. The van der Waals surface area contributed by atoms with Crippen LogP contribution in [0.1, 0.15) is 37.3 Å². The molecule has 2 aromatic rings. The van der Waals surface area contributed by atoms with Gasteiger partial charge in [0.2, 0.25) is 5.91 Å². The van der Waals surface area contributed by atoms with Crippen LogP contribution >= 0.6 is 0 Å². The SMILES string of the molecule is COc1ccc(C2CCCCCN2C(=O)CNc2ccccc2[N+](=O)[O-])cc1. The van der Waals surface area contributed by atoms with Gasteiger partial charge in [-0.1, -0.05) is 37.1 Å². The number of nitro benzene ring substituents is 1. The molecule has 0 radical (unpaired) electrons. The van der Waals surface area contributed by atoms with E-state index in [1.807, 2.05) is 29.2 Å². The standard InChI is InChI=1S/C21H25N3O4/c1-28-17-12-10-16(11-13-17)19-8-3-2-6-14-23(19)21(25)15-22-18-7-4-5-9-20(18)24(26)27/h4-5,7,9-13,19,22H,2-3,6,8,14-15H2,1H3. The molecule has 0 bridgehead atoms. The van der Waals surface area contributed by atoms with E-state index in [2.05, 4.69) is 5.32 Å². The van der Waals surface area contributed by atoms with Crippen molar-refractivity contribution in [3.8, 4) is 5.75 Å². The molecule has 1 unspecified atom stereocenters. The summed E-state index contributed by atoms with van der Waals surface area (Å²) in [6.07, 6.45) is 4.03. The fourth-order valence-electron chi connectivity index (χ4n) is 3.63. The maximum atomic E-state index is 13.0. The zero-order valence-corrected chi connectivity index (χ0v) is 16.0. The average molecular weight is 383 g/mol. The monoisotopic (exact) mass is 383 g/mol. The van der Waals surface area contributed by atoms with Gasteiger partial charge in [-0.15, -0.1) is 0 Å². The first-order chi connectivity index (χ1) is 13.6. The number of amides is 1. The molecule has 1 fully saturated rings. The molecule has 148 valence electrons. The van der Waals surface area contributed by atoms with Crippen LogP contribution < -0.4 is 10.1 Å². The van der Waals surface area contributed by atoms with Crippen LogP contribution in [0.2, 0.25) is 0 Å². The third-order valence-corrected chi connectivity index (χ3v) is 5.10. The minimum atomic E-state index is -0.446. The summed E-state index contributed by atoms with van der Waals surface area (Å²) >= 11 is 0. The van der Waals surface area contributed by atoms with Gasteiger partial charge in [-0.3, -0.25) is 14.9 Å². The summed E-state index contributed by atoms with van der Waals surface area (Å²) in [7, 11) is 1.63. The van der Waals surface area contributed by atoms with Gasteiger partial charge in [-0.25, -0.2) is 0 Å². The highest BCUT2D eigenvalue weighted by atomic mass is 16.6. The number of nitrogens with one attached hydrogen (secondary N) is 1. The molecule has 0 aliphatic carbocycles. The highest BCUT2D eigenvalue weighted by Gasteiger charge is 2.27. The van der Waals surface area contributed by atoms with Crippen molar-refractivity contribution in [2.75, 3.05) is 25.5 Å². The maximum Gasteiger partial charge on any atom is 0.292 e. The van der Waals surface area contributed by atoms with E-state index >= 15 is 0 Å². The summed E-state index contributed by atoms with van der Waals surface area (Å²) in [5.41, 5.74) is 1.41. The van der Waals surface area contributed by atoms with Gasteiger partial charge < -0.3 is 15.0 Å². The molecule has 1 N–H and O–H groups in total. The van der Waals surface area contributed by atoms with Crippen LogP contribution in [0.4, 0.5) is 11.4 Å². The Bertz CT molecular complexity index is 823. The minimum Gasteiger partial charge on any atom is -0.497 e. The van der Waals surface area contributed by atoms with Crippen LogP contribution in [-0.4, -0.2) is 35.9 Å². The molecule has 0 aromatic heterocycles. The summed E-state index contributed by atoms with van der Waals surface area (Å²) in [4.78, 5) is 25.6. The van der Waals surface area contributed by atoms with Crippen molar-refractivity contribution in [1.82, 2.24) is 4.90 Å². The first-order valence-electron chi connectivity index (χ1n) is 9.51. The number of ether oxygens (including phenoxy) is 1. The lowest BCUT2D eigenvalue weighted by Gasteiger charge is -2.31. The van der Waals surface area contributed by atoms with E-state index in [0.29, 0.717) is 12.2 Å². The van der Waals surface area contributed by atoms with Gasteiger partial charge in [-0.2, -0.15) is 0 Å². The number of carbonyl (C=O) groups is 1. The molecular weight excluding hydrogens is 358 g/mol. The van der Waals surface area contributed by atoms with E-state index in [-0.39, 0.29) is 24.2 Å². The molecule has 0 spiro atoms. The molecule has 28 heavy (non-hydrogen) atoms. The molecule has 1 aliphatic rings. The van der Waals surface area contributed by atoms with Gasteiger partial charge in [-0.05, 0) is 36.6 Å². The highest BCUT2D eigenvalue weighted by molar-refractivity contribution is 5.82. The van der Waals surface area contributed by atoms with Gasteiger partial charge >= 0.3 is 0 Å². The van der Waals surface area contributed by atoms with Crippen LogP contribution in [0, 0.1) is 10.1 Å². The molecule has 2 aromatic carbocycles. The molecule has 0 saturated carbocycles. The molecule has 7 nitrogen and oxygen atoms in total. The van der Waals surface area contributed by atoms with E-state index in [1.165, 1.54) is 6.07 Å². The van der Waals surface area contributed by atoms with Gasteiger partial charge in [0, 0.05) is 12.6 Å². The number of nitro groups is 1. The molecule has 1 amide bonds. The smallest absolute Gasteiger partial charge is 0.292 e. The molecular formula is C21H25N3O4. The number of anilines is 1. The average Bonchev–Trinajstić information content (AvgIpc) is 2.98. The lowest BCUT2D eigenvalue weighted by atomic mass is 10.0. The maximum absolute atomic E-state index is 13.0. The topological polar surface area (TPSA) is 84.7 Å². The minimum absolute atomic E-state index is 0.00784. The lowest BCUT2D eigenvalue weighted by Crippen LogP contribution is -2.38. The van der Waals surface area contributed by atoms with Crippen molar-refractivity contribution in [2.24, 2.45) is 0 Å². The molecule has 1 heterocycles. The number of benzene rings is 2. The lowest BCUT2D eigenvalue weighted by molar-refractivity contribution is -0.383. The number of carbonyl (C=O) groups excluding carboxylic acids is 1. The van der Waals surface area contributed by atoms with E-state index in [0.717, 1.165) is 37.0 Å². The van der Waals surface area contributed by atoms with E-state index < -0.39 is 4.92 Å². The quantitative estimate of drug-likeness (QED) is 0.598. The fraction of sp³-hybridized carbons (Fsp3) is 0.381. The second-order valence-corrected chi connectivity index (χ2v) is 6.85. The van der Waals surface area contributed by atoms with Crippen molar-refractivity contribution in [1.29, 1.82) is 0 Å². The number of hydrogen-bond acceptors (Lipinski definition) is 5. The Hall–Kier alpha value is -3.09. The Labute approximate surface area is 164 Å². The number of likely N-dealkylation sites (tertiary alicyclic amines) is 1. The van der Waals surface area contributed by atoms with Crippen molar-refractivity contribution in [2.45, 2.75) is 31.7 Å². The predicted octanol–water partition coefficient (Wildman–Crippen LogP) is 4.16. The molecule has 7 heteroatoms. The van der Waals surface area contributed by atoms with Crippen LogP contribution in [-0.2, 0) is 4.79 Å². The van der Waals surface area contributed by atoms with E-state index in [1.54, 1.807) is 25.3 Å². The van der Waals surface area contributed by atoms with Crippen LogP contribution in [0.5, 0.6) is 5.75 Å². The van der Waals surface area contributed by atoms with Gasteiger partial charge in [0.1, 0.15) is 11.4 Å².